The van der Waals surface area contributed by atoms with E-state index in [9.17, 15) is 14.0 Å². The van der Waals surface area contributed by atoms with Gasteiger partial charge in [0.1, 0.15) is 11.9 Å². The molecule has 0 aliphatic carbocycles. The molecule has 1 atom stereocenters. The summed E-state index contributed by atoms with van der Waals surface area (Å²) in [5.41, 5.74) is 0.00681. The molecular formula is C11H13FN2O3. The van der Waals surface area contributed by atoms with Gasteiger partial charge in [0.05, 0.1) is 11.8 Å². The molecule has 0 aliphatic heterocycles. The molecule has 1 aromatic heterocycles. The van der Waals surface area contributed by atoms with Crippen LogP contribution in [0.3, 0.4) is 0 Å². The Labute approximate surface area is 97.7 Å². The van der Waals surface area contributed by atoms with Crippen LogP contribution < -0.4 is 5.32 Å². The first-order valence-electron chi connectivity index (χ1n) is 5.18. The average molecular weight is 240 g/mol. The maximum absolute atomic E-state index is 12.8. The number of nitrogens with one attached hydrogen (secondary N) is 1. The Kier molecular flexibility index (Phi) is 4.56. The Morgan fingerprint density at radius 3 is 2.76 bits per heavy atom. The zero-order valence-corrected chi connectivity index (χ0v) is 9.31. The highest BCUT2D eigenvalue weighted by atomic mass is 19.1. The molecule has 17 heavy (non-hydrogen) atoms. The molecular weight excluding hydrogens is 227 g/mol. The maximum atomic E-state index is 12.8. The first-order chi connectivity index (χ1) is 8.04. The number of carbonyl (C=O) groups is 2. The largest absolute Gasteiger partial charge is 0.480 e. The smallest absolute Gasteiger partial charge is 0.326 e. The number of pyridine rings is 1. The number of hydrogen-bond donors (Lipinski definition) is 2. The van der Waals surface area contributed by atoms with Crippen LogP contribution in [0, 0.1) is 5.82 Å². The van der Waals surface area contributed by atoms with Crippen molar-refractivity contribution in [3.63, 3.8) is 0 Å². The second-order valence-corrected chi connectivity index (χ2v) is 3.54. The number of amides is 1. The first kappa shape index (κ1) is 13.1. The van der Waals surface area contributed by atoms with Gasteiger partial charge in [0.15, 0.2) is 0 Å². The van der Waals surface area contributed by atoms with E-state index in [1.165, 1.54) is 6.20 Å². The number of carboxylic acid groups (broad SMARTS) is 1. The summed E-state index contributed by atoms with van der Waals surface area (Å²) in [6.07, 6.45) is 3.10. The molecule has 1 aromatic rings. The van der Waals surface area contributed by atoms with Crippen LogP contribution in [0.4, 0.5) is 4.39 Å². The predicted octanol–water partition coefficient (Wildman–Crippen LogP) is 1.20. The molecule has 2 N–H and O–H groups in total. The number of carboxylic acids is 1. The highest BCUT2D eigenvalue weighted by Crippen LogP contribution is 2.03. The Balaban J connectivity index is 2.73. The van der Waals surface area contributed by atoms with Gasteiger partial charge in [-0.05, 0) is 12.5 Å². The summed E-state index contributed by atoms with van der Waals surface area (Å²) < 4.78 is 12.8. The minimum Gasteiger partial charge on any atom is -0.480 e. The number of hydrogen-bond acceptors (Lipinski definition) is 3. The van der Waals surface area contributed by atoms with E-state index >= 15 is 0 Å². The zero-order valence-electron chi connectivity index (χ0n) is 9.31. The molecule has 0 unspecified atom stereocenters. The van der Waals surface area contributed by atoms with Crippen molar-refractivity contribution in [2.45, 2.75) is 25.8 Å². The average Bonchev–Trinajstić information content (AvgIpc) is 2.28. The van der Waals surface area contributed by atoms with Gasteiger partial charge in [0.2, 0.25) is 0 Å². The summed E-state index contributed by atoms with van der Waals surface area (Å²) in [5, 5.41) is 11.2. The van der Waals surface area contributed by atoms with Gasteiger partial charge >= 0.3 is 5.97 Å². The van der Waals surface area contributed by atoms with Crippen LogP contribution in [-0.4, -0.2) is 28.0 Å². The summed E-state index contributed by atoms with van der Waals surface area (Å²) in [6, 6.07) is 0.0449. The highest BCUT2D eigenvalue weighted by Gasteiger charge is 2.19. The van der Waals surface area contributed by atoms with Gasteiger partial charge in [-0.1, -0.05) is 13.3 Å². The van der Waals surface area contributed by atoms with Crippen molar-refractivity contribution in [1.82, 2.24) is 10.3 Å². The van der Waals surface area contributed by atoms with Crippen molar-refractivity contribution in [3.05, 3.63) is 29.8 Å². The summed E-state index contributed by atoms with van der Waals surface area (Å²) in [7, 11) is 0. The van der Waals surface area contributed by atoms with Crippen LogP contribution in [-0.2, 0) is 4.79 Å². The molecule has 1 amide bonds. The molecule has 5 nitrogen and oxygen atoms in total. The van der Waals surface area contributed by atoms with E-state index in [4.69, 9.17) is 5.11 Å². The van der Waals surface area contributed by atoms with Crippen molar-refractivity contribution >= 4 is 11.9 Å². The van der Waals surface area contributed by atoms with Crippen LogP contribution in [0.25, 0.3) is 0 Å². The molecule has 0 aromatic carbocycles. The predicted molar refractivity (Wildman–Crippen MR) is 58.0 cm³/mol. The Morgan fingerprint density at radius 2 is 2.24 bits per heavy atom. The molecule has 0 spiro atoms. The molecule has 0 radical (unpaired) electrons. The van der Waals surface area contributed by atoms with Crippen LogP contribution in [0.5, 0.6) is 0 Å². The lowest BCUT2D eigenvalue weighted by Crippen LogP contribution is -2.40. The second kappa shape index (κ2) is 5.93. The fraction of sp³-hybridized carbons (Fsp3) is 0.364. The number of halogens is 1. The third-order valence-corrected chi connectivity index (χ3v) is 2.15. The van der Waals surface area contributed by atoms with Crippen molar-refractivity contribution in [3.8, 4) is 0 Å². The van der Waals surface area contributed by atoms with E-state index in [0.717, 1.165) is 12.3 Å². The second-order valence-electron chi connectivity index (χ2n) is 3.54. The third-order valence-electron chi connectivity index (χ3n) is 2.15. The number of aliphatic carboxylic acids is 1. The number of nitrogens with zero attached hydrogens (tertiary/aromatic N) is 1. The van der Waals surface area contributed by atoms with Crippen molar-refractivity contribution in [1.29, 1.82) is 0 Å². The summed E-state index contributed by atoms with van der Waals surface area (Å²) in [5.74, 6) is -2.39. The Morgan fingerprint density at radius 1 is 1.53 bits per heavy atom. The minimum atomic E-state index is -1.11. The fourth-order valence-electron chi connectivity index (χ4n) is 1.32. The molecule has 1 rings (SSSR count). The van der Waals surface area contributed by atoms with Gasteiger partial charge in [-0.3, -0.25) is 9.78 Å². The summed E-state index contributed by atoms with van der Waals surface area (Å²) in [6.45, 7) is 1.81. The molecule has 0 fully saturated rings. The van der Waals surface area contributed by atoms with E-state index in [-0.39, 0.29) is 5.56 Å². The standard InChI is InChI=1S/C11H13FN2O3/c1-2-3-9(11(16)17)14-10(15)7-4-8(12)6-13-5-7/h4-6,9H,2-3H2,1H3,(H,14,15)(H,16,17)/t9-/m1/s1. The lowest BCUT2D eigenvalue weighted by molar-refractivity contribution is -0.139. The SMILES string of the molecule is CCC[C@@H](NC(=O)c1cncc(F)c1)C(=O)O. The monoisotopic (exact) mass is 240 g/mol. The van der Waals surface area contributed by atoms with Crippen molar-refractivity contribution < 1.29 is 19.1 Å². The molecule has 1 heterocycles. The van der Waals surface area contributed by atoms with Gasteiger partial charge in [-0.15, -0.1) is 0 Å². The summed E-state index contributed by atoms with van der Waals surface area (Å²) >= 11 is 0. The zero-order chi connectivity index (χ0) is 12.8. The Hall–Kier alpha value is -1.98. The number of carbonyl (C=O) groups excluding carboxylic acids is 1. The molecule has 0 bridgehead atoms. The highest BCUT2D eigenvalue weighted by molar-refractivity contribution is 5.96. The van der Waals surface area contributed by atoms with Crippen LogP contribution in [0.1, 0.15) is 30.1 Å². The van der Waals surface area contributed by atoms with Gasteiger partial charge in [-0.2, -0.15) is 0 Å². The van der Waals surface area contributed by atoms with E-state index in [1.807, 2.05) is 6.92 Å². The van der Waals surface area contributed by atoms with Crippen LogP contribution in [0.15, 0.2) is 18.5 Å². The lowest BCUT2D eigenvalue weighted by atomic mass is 10.1. The summed E-state index contributed by atoms with van der Waals surface area (Å²) in [4.78, 5) is 25.9. The normalized spacial score (nSPS) is 11.9. The molecule has 0 saturated carbocycles. The lowest BCUT2D eigenvalue weighted by Gasteiger charge is -2.13. The minimum absolute atomic E-state index is 0.00681. The third kappa shape index (κ3) is 3.82. The van der Waals surface area contributed by atoms with Crippen molar-refractivity contribution in [2.75, 3.05) is 0 Å². The number of rotatable bonds is 5. The van der Waals surface area contributed by atoms with Crippen molar-refractivity contribution in [2.24, 2.45) is 0 Å². The van der Waals surface area contributed by atoms with Gasteiger partial charge < -0.3 is 10.4 Å². The fourth-order valence-corrected chi connectivity index (χ4v) is 1.32. The quantitative estimate of drug-likeness (QED) is 0.810. The van der Waals surface area contributed by atoms with Crippen LogP contribution >= 0.6 is 0 Å². The van der Waals surface area contributed by atoms with Gasteiger partial charge in [-0.25, -0.2) is 9.18 Å². The van der Waals surface area contributed by atoms with E-state index in [2.05, 4.69) is 10.3 Å². The van der Waals surface area contributed by atoms with Gasteiger partial charge in [0, 0.05) is 6.20 Å². The maximum Gasteiger partial charge on any atom is 0.326 e. The molecule has 0 aliphatic rings. The van der Waals surface area contributed by atoms with Crippen LogP contribution in [0.2, 0.25) is 0 Å². The van der Waals surface area contributed by atoms with E-state index in [1.54, 1.807) is 0 Å². The first-order valence-corrected chi connectivity index (χ1v) is 5.18. The van der Waals surface area contributed by atoms with E-state index < -0.39 is 23.7 Å². The number of aromatic nitrogens is 1. The van der Waals surface area contributed by atoms with Gasteiger partial charge in [0.25, 0.3) is 5.91 Å². The molecule has 6 heteroatoms. The topological polar surface area (TPSA) is 79.3 Å². The molecule has 92 valence electrons. The molecule has 0 saturated heterocycles. The van der Waals surface area contributed by atoms with E-state index in [0.29, 0.717) is 12.8 Å². The Bertz CT molecular complexity index is 423.